The van der Waals surface area contributed by atoms with Crippen molar-refractivity contribution in [3.63, 3.8) is 0 Å². The maximum Gasteiger partial charge on any atom is 0.166 e. The molecule has 5 heteroatoms. The lowest BCUT2D eigenvalue weighted by molar-refractivity contribution is 0.863. The molecule has 0 atom stereocenters. The Bertz CT molecular complexity index is 233. The van der Waals surface area contributed by atoms with E-state index in [4.69, 9.17) is 12.2 Å². The first-order valence-corrected chi connectivity index (χ1v) is 5.00. The monoisotopic (exact) mass is 201 g/mol. The van der Waals surface area contributed by atoms with E-state index in [9.17, 15) is 0 Å². The summed E-state index contributed by atoms with van der Waals surface area (Å²) < 4.78 is 0. The Hall–Kier alpha value is -0.680. The highest BCUT2D eigenvalue weighted by atomic mass is 32.1. The fraction of sp³-hybridized carbons (Fsp3) is 0.429. The van der Waals surface area contributed by atoms with Gasteiger partial charge in [-0.3, -0.25) is 4.98 Å². The van der Waals surface area contributed by atoms with Crippen LogP contribution in [0.15, 0.2) is 11.7 Å². The number of hydrogen-bond acceptors (Lipinski definition) is 3. The van der Waals surface area contributed by atoms with Crippen molar-refractivity contribution in [2.75, 3.05) is 6.54 Å². The first-order valence-electron chi connectivity index (χ1n) is 3.72. The van der Waals surface area contributed by atoms with Crippen LogP contribution < -0.4 is 10.6 Å². The van der Waals surface area contributed by atoms with Gasteiger partial charge in [-0.2, -0.15) is 0 Å². The Morgan fingerprint density at radius 1 is 1.67 bits per heavy atom. The molecule has 0 saturated heterocycles. The van der Waals surface area contributed by atoms with E-state index in [1.807, 2.05) is 18.6 Å². The van der Waals surface area contributed by atoms with Gasteiger partial charge < -0.3 is 10.6 Å². The van der Waals surface area contributed by atoms with Crippen LogP contribution in [-0.2, 0) is 6.54 Å². The molecule has 0 aliphatic heterocycles. The topological polar surface area (TPSA) is 37.0 Å². The van der Waals surface area contributed by atoms with E-state index in [-0.39, 0.29) is 0 Å². The third-order valence-electron chi connectivity index (χ3n) is 1.24. The van der Waals surface area contributed by atoms with E-state index in [1.165, 1.54) is 4.88 Å². The van der Waals surface area contributed by atoms with Crippen molar-refractivity contribution in [3.05, 3.63) is 16.6 Å². The van der Waals surface area contributed by atoms with Crippen molar-refractivity contribution in [1.82, 2.24) is 15.6 Å². The predicted molar refractivity (Wildman–Crippen MR) is 55.2 cm³/mol. The summed E-state index contributed by atoms with van der Waals surface area (Å²) in [6.07, 6.45) is 1.84. The van der Waals surface area contributed by atoms with Crippen molar-refractivity contribution in [2.45, 2.75) is 13.5 Å². The number of thiazole rings is 1. The first kappa shape index (κ1) is 9.41. The average molecular weight is 201 g/mol. The molecular formula is C7H11N3S2. The van der Waals surface area contributed by atoms with Crippen molar-refractivity contribution < 1.29 is 0 Å². The van der Waals surface area contributed by atoms with Crippen LogP contribution in [0, 0.1) is 0 Å². The second-order valence-corrected chi connectivity index (χ2v) is 3.56. The Morgan fingerprint density at radius 3 is 3.08 bits per heavy atom. The number of nitrogens with zero attached hydrogens (tertiary/aromatic N) is 1. The molecule has 0 fully saturated rings. The summed E-state index contributed by atoms with van der Waals surface area (Å²) in [4.78, 5) is 5.15. The van der Waals surface area contributed by atoms with Gasteiger partial charge >= 0.3 is 0 Å². The van der Waals surface area contributed by atoms with Gasteiger partial charge in [0.05, 0.1) is 12.1 Å². The van der Waals surface area contributed by atoms with Crippen LogP contribution in [-0.4, -0.2) is 16.6 Å². The number of thiocarbonyl (C=S) groups is 1. The molecule has 0 aliphatic carbocycles. The molecule has 1 aromatic heterocycles. The molecule has 66 valence electrons. The van der Waals surface area contributed by atoms with Gasteiger partial charge in [0.25, 0.3) is 0 Å². The molecule has 3 nitrogen and oxygen atoms in total. The minimum atomic E-state index is 0.700. The van der Waals surface area contributed by atoms with E-state index in [0.29, 0.717) is 5.11 Å². The zero-order valence-corrected chi connectivity index (χ0v) is 8.47. The summed E-state index contributed by atoms with van der Waals surface area (Å²) in [5, 5.41) is 6.79. The van der Waals surface area contributed by atoms with Crippen molar-refractivity contribution in [1.29, 1.82) is 0 Å². The van der Waals surface area contributed by atoms with Crippen LogP contribution in [0.5, 0.6) is 0 Å². The first-order chi connectivity index (χ1) is 5.83. The summed E-state index contributed by atoms with van der Waals surface area (Å²) in [6.45, 7) is 3.63. The molecule has 2 N–H and O–H groups in total. The van der Waals surface area contributed by atoms with Crippen LogP contribution >= 0.6 is 23.6 Å². The minimum absolute atomic E-state index is 0.700. The lowest BCUT2D eigenvalue weighted by atomic mass is 10.5. The largest absolute Gasteiger partial charge is 0.363 e. The van der Waals surface area contributed by atoms with Crippen molar-refractivity contribution in [2.24, 2.45) is 0 Å². The third-order valence-corrected chi connectivity index (χ3v) is 2.31. The molecule has 0 saturated carbocycles. The molecular weight excluding hydrogens is 190 g/mol. The van der Waals surface area contributed by atoms with Gasteiger partial charge in [0.15, 0.2) is 5.11 Å². The van der Waals surface area contributed by atoms with Crippen molar-refractivity contribution in [3.8, 4) is 0 Å². The SMILES string of the molecule is CCNC(=S)NCc1cncs1. The van der Waals surface area contributed by atoms with E-state index in [0.717, 1.165) is 13.1 Å². The minimum Gasteiger partial charge on any atom is -0.363 e. The molecule has 1 heterocycles. The highest BCUT2D eigenvalue weighted by molar-refractivity contribution is 7.80. The number of hydrogen-bond donors (Lipinski definition) is 2. The lowest BCUT2D eigenvalue weighted by Crippen LogP contribution is -2.34. The molecule has 1 rings (SSSR count). The quantitative estimate of drug-likeness (QED) is 0.719. The fourth-order valence-electron chi connectivity index (χ4n) is 0.720. The standard InChI is InChI=1S/C7H11N3S2/c1-2-9-7(11)10-4-6-3-8-5-12-6/h3,5H,2,4H2,1H3,(H2,9,10,11). The molecule has 0 aliphatic rings. The number of rotatable bonds is 3. The van der Waals surface area contributed by atoms with Gasteiger partial charge in [-0.25, -0.2) is 0 Å². The molecule has 0 radical (unpaired) electrons. The molecule has 0 aromatic carbocycles. The summed E-state index contributed by atoms with van der Waals surface area (Å²) in [5.74, 6) is 0. The van der Waals surface area contributed by atoms with Gasteiger partial charge in [0, 0.05) is 17.6 Å². The molecule has 0 amide bonds. The summed E-state index contributed by atoms with van der Waals surface area (Å²) in [6, 6.07) is 0. The zero-order chi connectivity index (χ0) is 8.81. The average Bonchev–Trinajstić information content (AvgIpc) is 2.53. The summed E-state index contributed by atoms with van der Waals surface area (Å²) in [5.41, 5.74) is 1.81. The van der Waals surface area contributed by atoms with Crippen LogP contribution in [0.2, 0.25) is 0 Å². The Labute approximate surface area is 81.2 Å². The van der Waals surface area contributed by atoms with Crippen LogP contribution in [0.1, 0.15) is 11.8 Å². The molecule has 0 unspecified atom stereocenters. The number of nitrogens with one attached hydrogen (secondary N) is 2. The normalized spacial score (nSPS) is 9.42. The highest BCUT2D eigenvalue weighted by Gasteiger charge is 1.95. The third kappa shape index (κ3) is 3.15. The highest BCUT2D eigenvalue weighted by Crippen LogP contribution is 2.03. The molecule has 1 aromatic rings. The van der Waals surface area contributed by atoms with E-state index in [2.05, 4.69) is 15.6 Å². The summed E-state index contributed by atoms with van der Waals surface area (Å²) >= 11 is 6.61. The lowest BCUT2D eigenvalue weighted by Gasteiger charge is -2.06. The fourth-order valence-corrected chi connectivity index (χ4v) is 1.47. The van der Waals surface area contributed by atoms with Gasteiger partial charge in [-0.1, -0.05) is 0 Å². The van der Waals surface area contributed by atoms with E-state index < -0.39 is 0 Å². The van der Waals surface area contributed by atoms with Crippen LogP contribution in [0.25, 0.3) is 0 Å². The Morgan fingerprint density at radius 2 is 2.50 bits per heavy atom. The second kappa shape index (κ2) is 5.05. The van der Waals surface area contributed by atoms with Gasteiger partial charge in [0.2, 0.25) is 0 Å². The van der Waals surface area contributed by atoms with Crippen LogP contribution in [0.4, 0.5) is 0 Å². The molecule has 0 spiro atoms. The second-order valence-electron chi connectivity index (χ2n) is 2.18. The molecule has 12 heavy (non-hydrogen) atoms. The Kier molecular flexibility index (Phi) is 3.96. The number of aromatic nitrogens is 1. The van der Waals surface area contributed by atoms with E-state index in [1.54, 1.807) is 11.3 Å². The van der Waals surface area contributed by atoms with E-state index >= 15 is 0 Å². The van der Waals surface area contributed by atoms with Gasteiger partial charge in [-0.05, 0) is 19.1 Å². The smallest absolute Gasteiger partial charge is 0.166 e. The Balaban J connectivity index is 2.22. The van der Waals surface area contributed by atoms with Crippen molar-refractivity contribution >= 4 is 28.7 Å². The van der Waals surface area contributed by atoms with Gasteiger partial charge in [0.1, 0.15) is 0 Å². The maximum absolute atomic E-state index is 4.99. The maximum atomic E-state index is 4.99. The summed E-state index contributed by atoms with van der Waals surface area (Å²) in [7, 11) is 0. The van der Waals surface area contributed by atoms with Crippen LogP contribution in [0.3, 0.4) is 0 Å². The zero-order valence-electron chi connectivity index (χ0n) is 6.83. The molecule has 0 bridgehead atoms. The predicted octanol–water partition coefficient (Wildman–Crippen LogP) is 1.13. The van der Waals surface area contributed by atoms with Gasteiger partial charge in [-0.15, -0.1) is 11.3 Å².